The topological polar surface area (TPSA) is 75.3 Å². The van der Waals surface area contributed by atoms with Gasteiger partial charge >= 0.3 is 0 Å². The quantitative estimate of drug-likeness (QED) is 0.706. The molecular weight excluding hydrogens is 407 g/mol. The van der Waals surface area contributed by atoms with Crippen molar-refractivity contribution in [2.45, 2.75) is 17.9 Å². The molecule has 2 unspecified atom stereocenters. The first kappa shape index (κ1) is 23.4. The number of amides is 1. The van der Waals surface area contributed by atoms with E-state index in [0.29, 0.717) is 17.1 Å². The van der Waals surface area contributed by atoms with Crippen LogP contribution in [0.4, 0.5) is 0 Å². The van der Waals surface area contributed by atoms with Crippen LogP contribution in [0.1, 0.15) is 24.1 Å². The summed E-state index contributed by atoms with van der Waals surface area (Å²) < 4.78 is 23.8. The molecule has 0 heterocycles. The fourth-order valence-corrected chi connectivity index (χ4v) is 3.42. The Bertz CT molecular complexity index is 871. The molecule has 27 heavy (non-hydrogen) atoms. The van der Waals surface area contributed by atoms with Crippen LogP contribution in [-0.2, 0) is 14.6 Å². The number of nitrogens with one attached hydrogen (secondary N) is 2. The Morgan fingerprint density at radius 3 is 2.30 bits per heavy atom. The molecule has 0 aliphatic carbocycles. The van der Waals surface area contributed by atoms with E-state index in [1.54, 1.807) is 43.4 Å². The summed E-state index contributed by atoms with van der Waals surface area (Å²) in [6.45, 7) is 2.38. The molecule has 148 valence electrons. The van der Waals surface area contributed by atoms with Gasteiger partial charge in [-0.2, -0.15) is 0 Å². The van der Waals surface area contributed by atoms with Crippen LogP contribution in [0.15, 0.2) is 53.4 Å². The van der Waals surface area contributed by atoms with E-state index in [-0.39, 0.29) is 29.1 Å². The standard InChI is InChI=1S/C19H23ClN2O3S.ClH/c1-13(12-21-2)19(23)22-18(14-7-9-16(20)10-8-14)15-5-4-6-17(11-15)26(3,24)25;/h4-11,13,18,21H,12H2,1-3H3,(H,22,23);1H. The molecule has 2 N–H and O–H groups in total. The maximum atomic E-state index is 12.5. The molecule has 0 saturated heterocycles. The lowest BCUT2D eigenvalue weighted by Gasteiger charge is -2.22. The maximum absolute atomic E-state index is 12.5. The number of rotatable bonds is 7. The summed E-state index contributed by atoms with van der Waals surface area (Å²) in [5, 5.41) is 6.59. The molecular formula is C19H24Cl2N2O3S. The van der Waals surface area contributed by atoms with E-state index in [1.165, 1.54) is 0 Å². The van der Waals surface area contributed by atoms with Crippen LogP contribution >= 0.6 is 24.0 Å². The molecule has 0 spiro atoms. The minimum atomic E-state index is -3.34. The lowest BCUT2D eigenvalue weighted by atomic mass is 9.97. The first-order valence-electron chi connectivity index (χ1n) is 8.23. The van der Waals surface area contributed by atoms with Gasteiger partial charge in [0, 0.05) is 23.7 Å². The van der Waals surface area contributed by atoms with Crippen molar-refractivity contribution in [2.24, 2.45) is 5.92 Å². The SMILES string of the molecule is CNCC(C)C(=O)NC(c1ccc(Cl)cc1)c1cccc(S(C)(=O)=O)c1.Cl. The van der Waals surface area contributed by atoms with Gasteiger partial charge in [-0.1, -0.05) is 42.8 Å². The average Bonchev–Trinajstić information content (AvgIpc) is 2.60. The van der Waals surface area contributed by atoms with E-state index >= 15 is 0 Å². The highest BCUT2D eigenvalue weighted by Gasteiger charge is 2.21. The molecule has 0 radical (unpaired) electrons. The van der Waals surface area contributed by atoms with Gasteiger partial charge in [0.15, 0.2) is 9.84 Å². The van der Waals surface area contributed by atoms with Crippen molar-refractivity contribution in [1.82, 2.24) is 10.6 Å². The van der Waals surface area contributed by atoms with Gasteiger partial charge < -0.3 is 10.6 Å². The van der Waals surface area contributed by atoms with Gasteiger partial charge in [-0.05, 0) is 42.4 Å². The number of hydrogen-bond acceptors (Lipinski definition) is 4. The van der Waals surface area contributed by atoms with Crippen molar-refractivity contribution < 1.29 is 13.2 Å². The number of hydrogen-bond donors (Lipinski definition) is 2. The van der Waals surface area contributed by atoms with Gasteiger partial charge in [0.05, 0.1) is 10.9 Å². The van der Waals surface area contributed by atoms with Crippen LogP contribution in [0.2, 0.25) is 5.02 Å². The molecule has 2 aromatic rings. The second kappa shape index (κ2) is 10.1. The minimum absolute atomic E-state index is 0. The van der Waals surface area contributed by atoms with Crippen molar-refractivity contribution >= 4 is 39.8 Å². The first-order valence-corrected chi connectivity index (χ1v) is 10.5. The largest absolute Gasteiger partial charge is 0.345 e. The van der Waals surface area contributed by atoms with E-state index in [9.17, 15) is 13.2 Å². The van der Waals surface area contributed by atoms with E-state index in [2.05, 4.69) is 10.6 Å². The molecule has 0 fully saturated rings. The van der Waals surface area contributed by atoms with Crippen molar-refractivity contribution in [3.05, 3.63) is 64.7 Å². The third-order valence-electron chi connectivity index (χ3n) is 4.07. The summed E-state index contributed by atoms with van der Waals surface area (Å²) in [4.78, 5) is 12.8. The molecule has 0 aromatic heterocycles. The third kappa shape index (κ3) is 6.50. The fraction of sp³-hybridized carbons (Fsp3) is 0.316. The van der Waals surface area contributed by atoms with Crippen LogP contribution in [-0.4, -0.2) is 34.2 Å². The number of benzene rings is 2. The van der Waals surface area contributed by atoms with E-state index in [4.69, 9.17) is 11.6 Å². The Morgan fingerprint density at radius 2 is 1.74 bits per heavy atom. The second-order valence-corrected chi connectivity index (χ2v) is 8.75. The fourth-order valence-electron chi connectivity index (χ4n) is 2.62. The van der Waals surface area contributed by atoms with Gasteiger partial charge in [0.25, 0.3) is 0 Å². The van der Waals surface area contributed by atoms with Crippen LogP contribution < -0.4 is 10.6 Å². The van der Waals surface area contributed by atoms with Gasteiger partial charge in [0.1, 0.15) is 0 Å². The predicted molar refractivity (Wildman–Crippen MR) is 111 cm³/mol. The van der Waals surface area contributed by atoms with E-state index < -0.39 is 15.9 Å². The number of halogens is 2. The van der Waals surface area contributed by atoms with Gasteiger partial charge in [-0.25, -0.2) is 8.42 Å². The maximum Gasteiger partial charge on any atom is 0.224 e. The van der Waals surface area contributed by atoms with Gasteiger partial charge in [-0.15, -0.1) is 12.4 Å². The molecule has 0 saturated carbocycles. The Balaban J connectivity index is 0.00000364. The first-order chi connectivity index (χ1) is 12.2. The van der Waals surface area contributed by atoms with Crippen LogP contribution in [0.5, 0.6) is 0 Å². The molecule has 2 rings (SSSR count). The highest BCUT2D eigenvalue weighted by molar-refractivity contribution is 7.90. The second-order valence-electron chi connectivity index (χ2n) is 6.30. The Hall–Kier alpha value is -1.60. The van der Waals surface area contributed by atoms with Crippen molar-refractivity contribution in [3.8, 4) is 0 Å². The zero-order chi connectivity index (χ0) is 19.3. The number of sulfone groups is 1. The van der Waals surface area contributed by atoms with E-state index in [0.717, 1.165) is 11.8 Å². The predicted octanol–water partition coefficient (Wildman–Crippen LogP) is 3.23. The molecule has 2 atom stereocenters. The Morgan fingerprint density at radius 1 is 1.11 bits per heavy atom. The molecule has 1 amide bonds. The molecule has 0 aliphatic heterocycles. The zero-order valence-corrected chi connectivity index (χ0v) is 17.8. The van der Waals surface area contributed by atoms with Crippen molar-refractivity contribution in [3.63, 3.8) is 0 Å². The highest BCUT2D eigenvalue weighted by Crippen LogP contribution is 2.26. The van der Waals surface area contributed by atoms with Crippen molar-refractivity contribution in [1.29, 1.82) is 0 Å². The van der Waals surface area contributed by atoms with Crippen LogP contribution in [0, 0.1) is 5.92 Å². The highest BCUT2D eigenvalue weighted by atomic mass is 35.5. The Kier molecular flexibility index (Phi) is 8.75. The lowest BCUT2D eigenvalue weighted by molar-refractivity contribution is -0.124. The number of carbonyl (C=O) groups excluding carboxylic acids is 1. The monoisotopic (exact) mass is 430 g/mol. The van der Waals surface area contributed by atoms with E-state index in [1.807, 2.05) is 19.1 Å². The normalized spacial score (nSPS) is 13.3. The van der Waals surface area contributed by atoms with Crippen LogP contribution in [0.3, 0.4) is 0 Å². The summed E-state index contributed by atoms with van der Waals surface area (Å²) in [7, 11) is -1.56. The molecule has 2 aromatic carbocycles. The summed E-state index contributed by atoms with van der Waals surface area (Å²) in [5.74, 6) is -0.350. The molecule has 0 aliphatic rings. The summed E-state index contributed by atoms with van der Waals surface area (Å²) in [5.41, 5.74) is 1.52. The molecule has 5 nitrogen and oxygen atoms in total. The third-order valence-corrected chi connectivity index (χ3v) is 5.43. The number of carbonyl (C=O) groups is 1. The van der Waals surface area contributed by atoms with Crippen molar-refractivity contribution in [2.75, 3.05) is 19.8 Å². The zero-order valence-electron chi connectivity index (χ0n) is 15.4. The van der Waals surface area contributed by atoms with Gasteiger partial charge in [0.2, 0.25) is 5.91 Å². The average molecular weight is 431 g/mol. The van der Waals surface area contributed by atoms with Crippen LogP contribution in [0.25, 0.3) is 0 Å². The smallest absolute Gasteiger partial charge is 0.224 e. The molecule has 8 heteroatoms. The van der Waals surface area contributed by atoms with Gasteiger partial charge in [-0.3, -0.25) is 4.79 Å². The Labute approximate surface area is 171 Å². The summed E-state index contributed by atoms with van der Waals surface area (Å²) in [6, 6.07) is 13.3. The summed E-state index contributed by atoms with van der Waals surface area (Å²) in [6.07, 6.45) is 1.16. The minimum Gasteiger partial charge on any atom is -0.345 e. The summed E-state index contributed by atoms with van der Waals surface area (Å²) >= 11 is 5.97. The lowest BCUT2D eigenvalue weighted by Crippen LogP contribution is -2.37. The molecule has 0 bridgehead atoms.